The number of rotatable bonds is 5. The number of amides is 2. The number of fused-ring (bicyclic) bond motifs is 4. The molecule has 8 heteroatoms. The van der Waals surface area contributed by atoms with Crippen molar-refractivity contribution in [2.24, 2.45) is 5.92 Å². The fraction of sp³-hybridized carbons (Fsp3) is 0.750. The minimum atomic E-state index is -0.0229. The maximum atomic E-state index is 12.7. The van der Waals surface area contributed by atoms with Crippen LogP contribution in [0.4, 0.5) is 0 Å². The van der Waals surface area contributed by atoms with Crippen molar-refractivity contribution in [3.8, 4) is 0 Å². The maximum Gasteiger partial charge on any atom is 0.241 e. The van der Waals surface area contributed by atoms with Gasteiger partial charge in [-0.3, -0.25) is 19.6 Å². The Labute approximate surface area is 142 Å². The number of likely N-dealkylation sites (N-methyl/N-ethyl adjacent to an activating group) is 1. The van der Waals surface area contributed by atoms with Gasteiger partial charge in [-0.1, -0.05) is 6.92 Å². The van der Waals surface area contributed by atoms with E-state index < -0.39 is 0 Å². The molecule has 3 fully saturated rings. The van der Waals surface area contributed by atoms with Crippen LogP contribution in [0, 0.1) is 5.92 Å². The van der Waals surface area contributed by atoms with Gasteiger partial charge in [0.25, 0.3) is 0 Å². The summed E-state index contributed by atoms with van der Waals surface area (Å²) in [5, 5.41) is 7.16. The topological polar surface area (TPSA) is 85.4 Å². The third-order valence-electron chi connectivity index (χ3n) is 4.94. The van der Waals surface area contributed by atoms with Crippen molar-refractivity contribution in [3.05, 3.63) is 11.6 Å². The molecule has 132 valence electrons. The second-order valence-corrected chi connectivity index (χ2v) is 6.93. The molecule has 8 nitrogen and oxygen atoms in total. The van der Waals surface area contributed by atoms with Crippen LogP contribution in [-0.2, 0) is 22.6 Å². The van der Waals surface area contributed by atoms with Crippen molar-refractivity contribution in [2.75, 3.05) is 33.7 Å². The van der Waals surface area contributed by atoms with E-state index >= 15 is 0 Å². The van der Waals surface area contributed by atoms with E-state index in [1.165, 1.54) is 0 Å². The molecule has 3 aliphatic rings. The first-order chi connectivity index (χ1) is 11.5. The van der Waals surface area contributed by atoms with E-state index in [1.54, 1.807) is 23.9 Å². The molecule has 2 amide bonds. The van der Waals surface area contributed by atoms with E-state index in [9.17, 15) is 9.59 Å². The van der Waals surface area contributed by atoms with Gasteiger partial charge in [0.1, 0.15) is 18.2 Å². The second kappa shape index (κ2) is 6.88. The van der Waals surface area contributed by atoms with Gasteiger partial charge in [-0.25, -0.2) is 4.98 Å². The standard InChI is InChI=1S/C16H26N6O2/c1-4-13-17-14(19-18-13)9-21-7-11-5-6-12(8-21)22(16(11)24)10-15(23)20(2)3/h11-12H,4-10H2,1-3H3,(H,17,18,19)/t11-,12+/m1/s1. The van der Waals surface area contributed by atoms with E-state index in [0.717, 1.165) is 44.0 Å². The summed E-state index contributed by atoms with van der Waals surface area (Å²) >= 11 is 0. The summed E-state index contributed by atoms with van der Waals surface area (Å²) in [6.07, 6.45) is 2.67. The van der Waals surface area contributed by atoms with E-state index in [4.69, 9.17) is 0 Å². The molecule has 0 aliphatic carbocycles. The fourth-order valence-electron chi connectivity index (χ4n) is 3.53. The predicted molar refractivity (Wildman–Crippen MR) is 88.0 cm³/mol. The quantitative estimate of drug-likeness (QED) is 0.811. The smallest absolute Gasteiger partial charge is 0.241 e. The largest absolute Gasteiger partial charge is 0.347 e. The number of aromatic amines is 1. The van der Waals surface area contributed by atoms with Crippen LogP contribution >= 0.6 is 0 Å². The first-order valence-corrected chi connectivity index (χ1v) is 8.61. The summed E-state index contributed by atoms with van der Waals surface area (Å²) in [5.74, 6) is 1.74. The third-order valence-corrected chi connectivity index (χ3v) is 4.94. The van der Waals surface area contributed by atoms with Gasteiger partial charge in [0.2, 0.25) is 11.8 Å². The number of carbonyl (C=O) groups is 2. The van der Waals surface area contributed by atoms with Crippen LogP contribution in [-0.4, -0.2) is 81.5 Å². The molecule has 2 atom stereocenters. The second-order valence-electron chi connectivity index (χ2n) is 6.93. The molecule has 1 aromatic rings. The van der Waals surface area contributed by atoms with Crippen molar-refractivity contribution in [1.82, 2.24) is 29.9 Å². The number of piperidine rings is 1. The number of H-pyrrole nitrogens is 1. The highest BCUT2D eigenvalue weighted by Gasteiger charge is 2.41. The zero-order chi connectivity index (χ0) is 17.3. The number of aryl methyl sites for hydroxylation is 1. The van der Waals surface area contributed by atoms with Crippen LogP contribution in [0.1, 0.15) is 31.4 Å². The lowest BCUT2D eigenvalue weighted by Gasteiger charge is -2.36. The molecule has 0 radical (unpaired) electrons. The van der Waals surface area contributed by atoms with Crippen LogP contribution < -0.4 is 0 Å². The van der Waals surface area contributed by atoms with Gasteiger partial charge in [0.05, 0.1) is 12.5 Å². The van der Waals surface area contributed by atoms with Gasteiger partial charge in [-0.05, 0) is 12.8 Å². The Balaban J connectivity index is 1.69. The molecule has 3 saturated heterocycles. The molecule has 2 bridgehead atoms. The number of hydrogen-bond donors (Lipinski definition) is 1. The summed E-state index contributed by atoms with van der Waals surface area (Å²) in [6, 6.07) is 0.105. The monoisotopic (exact) mass is 334 g/mol. The summed E-state index contributed by atoms with van der Waals surface area (Å²) in [5.41, 5.74) is 0. The summed E-state index contributed by atoms with van der Waals surface area (Å²) in [6.45, 7) is 4.39. The minimum Gasteiger partial charge on any atom is -0.347 e. The number of carbonyl (C=O) groups excluding carboxylic acids is 2. The molecular formula is C16H26N6O2. The highest BCUT2D eigenvalue weighted by atomic mass is 16.2. The van der Waals surface area contributed by atoms with E-state index in [0.29, 0.717) is 6.54 Å². The van der Waals surface area contributed by atoms with Crippen molar-refractivity contribution in [3.63, 3.8) is 0 Å². The Bertz CT molecular complexity index is 613. The highest BCUT2D eigenvalue weighted by Crippen LogP contribution is 2.29. The van der Waals surface area contributed by atoms with Crippen molar-refractivity contribution in [1.29, 1.82) is 0 Å². The minimum absolute atomic E-state index is 0.0210. The van der Waals surface area contributed by atoms with Crippen molar-refractivity contribution >= 4 is 11.8 Å². The summed E-state index contributed by atoms with van der Waals surface area (Å²) in [4.78, 5) is 34.8. The van der Waals surface area contributed by atoms with Crippen molar-refractivity contribution < 1.29 is 9.59 Å². The lowest BCUT2D eigenvalue weighted by atomic mass is 9.94. The van der Waals surface area contributed by atoms with E-state index in [1.807, 2.05) is 6.92 Å². The molecule has 4 rings (SSSR count). The molecule has 0 saturated carbocycles. The van der Waals surface area contributed by atoms with Gasteiger partial charge >= 0.3 is 0 Å². The zero-order valence-corrected chi connectivity index (χ0v) is 14.7. The Morgan fingerprint density at radius 2 is 2.12 bits per heavy atom. The molecule has 24 heavy (non-hydrogen) atoms. The third kappa shape index (κ3) is 3.43. The maximum absolute atomic E-state index is 12.7. The molecule has 0 aromatic carbocycles. The molecular weight excluding hydrogens is 308 g/mol. The fourth-order valence-corrected chi connectivity index (χ4v) is 3.53. The van der Waals surface area contributed by atoms with Crippen LogP contribution in [0.25, 0.3) is 0 Å². The molecule has 0 unspecified atom stereocenters. The number of aromatic nitrogens is 3. The number of nitrogens with one attached hydrogen (secondary N) is 1. The Hall–Kier alpha value is -1.96. The normalized spacial score (nSPS) is 24.3. The average molecular weight is 334 g/mol. The molecule has 1 aromatic heterocycles. The lowest BCUT2D eigenvalue weighted by Crippen LogP contribution is -2.51. The van der Waals surface area contributed by atoms with E-state index in [-0.39, 0.29) is 30.3 Å². The molecule has 4 heterocycles. The Morgan fingerprint density at radius 1 is 1.33 bits per heavy atom. The van der Waals surface area contributed by atoms with Gasteiger partial charge in [0, 0.05) is 39.6 Å². The first-order valence-electron chi connectivity index (χ1n) is 8.61. The average Bonchev–Trinajstić information content (AvgIpc) is 2.85. The van der Waals surface area contributed by atoms with Gasteiger partial charge in [-0.2, -0.15) is 5.10 Å². The molecule has 1 N–H and O–H groups in total. The lowest BCUT2D eigenvalue weighted by molar-refractivity contribution is -0.145. The van der Waals surface area contributed by atoms with E-state index in [2.05, 4.69) is 20.1 Å². The number of hydrogen-bond acceptors (Lipinski definition) is 5. The zero-order valence-electron chi connectivity index (χ0n) is 14.7. The SMILES string of the molecule is CCc1n[nH]c(CN2C[C@H]3CC[C@@H](C2)N(CC(=O)N(C)C)C3=O)n1. The van der Waals surface area contributed by atoms with Crippen molar-refractivity contribution in [2.45, 2.75) is 38.8 Å². The summed E-state index contributed by atoms with van der Waals surface area (Å²) < 4.78 is 0. The van der Waals surface area contributed by atoms with Gasteiger partial charge in [-0.15, -0.1) is 0 Å². The Kier molecular flexibility index (Phi) is 4.84. The van der Waals surface area contributed by atoms with Crippen LogP contribution in [0.15, 0.2) is 0 Å². The summed E-state index contributed by atoms with van der Waals surface area (Å²) in [7, 11) is 3.45. The van der Waals surface area contributed by atoms with Crippen LogP contribution in [0.5, 0.6) is 0 Å². The molecule has 0 spiro atoms. The Morgan fingerprint density at radius 3 is 2.79 bits per heavy atom. The van der Waals surface area contributed by atoms with Gasteiger partial charge in [0.15, 0.2) is 0 Å². The van der Waals surface area contributed by atoms with Gasteiger partial charge < -0.3 is 9.80 Å². The molecule has 3 aliphatic heterocycles. The van der Waals surface area contributed by atoms with Crippen LogP contribution in [0.3, 0.4) is 0 Å². The number of nitrogens with zero attached hydrogens (tertiary/aromatic N) is 5. The van der Waals surface area contributed by atoms with Crippen LogP contribution in [0.2, 0.25) is 0 Å². The highest BCUT2D eigenvalue weighted by molar-refractivity contribution is 5.86. The predicted octanol–water partition coefficient (Wildman–Crippen LogP) is -0.122. The first kappa shape index (κ1) is 16.9.